The molecule has 0 heterocycles. The maximum absolute atomic E-state index is 13.4. The number of carbonyl (C=O) groups excluding carboxylic acids is 2. The van der Waals surface area contributed by atoms with Crippen LogP contribution in [0.3, 0.4) is 0 Å². The van der Waals surface area contributed by atoms with E-state index in [0.717, 1.165) is 12.8 Å². The van der Waals surface area contributed by atoms with Crippen molar-refractivity contribution in [2.24, 2.45) is 0 Å². The van der Waals surface area contributed by atoms with Gasteiger partial charge in [-0.15, -0.1) is 0 Å². The van der Waals surface area contributed by atoms with Crippen molar-refractivity contribution in [1.82, 2.24) is 5.32 Å². The summed E-state index contributed by atoms with van der Waals surface area (Å²) in [6.45, 7) is 2.41. The second kappa shape index (κ2) is 7.10. The molecular weight excluding hydrogens is 303 g/mol. The quantitative estimate of drug-likeness (QED) is 0.662. The van der Waals surface area contributed by atoms with Gasteiger partial charge in [0.25, 0.3) is 0 Å². The molecule has 0 aliphatic heterocycles. The summed E-state index contributed by atoms with van der Waals surface area (Å²) in [7, 11) is 0. The van der Waals surface area contributed by atoms with Crippen LogP contribution in [0.25, 0.3) is 0 Å². The number of nitrogens with one attached hydrogen (secondary N) is 2. The molecule has 0 radical (unpaired) electrons. The summed E-state index contributed by atoms with van der Waals surface area (Å²) in [6.07, 6.45) is 1.72. The van der Waals surface area contributed by atoms with Crippen molar-refractivity contribution in [2.75, 3.05) is 11.9 Å². The van der Waals surface area contributed by atoms with E-state index in [9.17, 15) is 14.0 Å². The first-order chi connectivity index (χ1) is 8.54. The molecule has 6 heteroatoms. The fourth-order valence-electron chi connectivity index (χ4n) is 1.23. The van der Waals surface area contributed by atoms with Crippen molar-refractivity contribution in [1.29, 1.82) is 0 Å². The Bertz CT molecular complexity index is 452. The van der Waals surface area contributed by atoms with Gasteiger partial charge in [-0.1, -0.05) is 29.3 Å². The number of hydrogen-bond donors (Lipinski definition) is 2. The number of anilines is 1. The van der Waals surface area contributed by atoms with E-state index in [1.165, 1.54) is 12.1 Å². The number of carbonyl (C=O) groups is 2. The van der Waals surface area contributed by atoms with Crippen LogP contribution < -0.4 is 10.6 Å². The topological polar surface area (TPSA) is 58.2 Å². The molecule has 1 aromatic carbocycles. The summed E-state index contributed by atoms with van der Waals surface area (Å²) in [5.41, 5.74) is -0.0196. The van der Waals surface area contributed by atoms with Crippen molar-refractivity contribution in [3.05, 3.63) is 28.5 Å². The van der Waals surface area contributed by atoms with Gasteiger partial charge in [0.1, 0.15) is 5.82 Å². The first kappa shape index (κ1) is 14.6. The Morgan fingerprint density at radius 2 is 2.06 bits per heavy atom. The Kier molecular flexibility index (Phi) is 5.77. The monoisotopic (exact) mass is 316 g/mol. The van der Waals surface area contributed by atoms with Gasteiger partial charge >= 0.3 is 11.8 Å². The number of halogens is 2. The summed E-state index contributed by atoms with van der Waals surface area (Å²) >= 11 is 3.10. The van der Waals surface area contributed by atoms with Crippen molar-refractivity contribution < 1.29 is 14.0 Å². The van der Waals surface area contributed by atoms with E-state index in [1.807, 2.05) is 6.92 Å². The molecular formula is C12H14BrFN2O2. The van der Waals surface area contributed by atoms with Gasteiger partial charge in [0.05, 0.1) is 5.69 Å². The van der Waals surface area contributed by atoms with Gasteiger partial charge in [0.2, 0.25) is 0 Å². The van der Waals surface area contributed by atoms with Crippen molar-refractivity contribution in [2.45, 2.75) is 19.8 Å². The van der Waals surface area contributed by atoms with E-state index in [-0.39, 0.29) is 5.69 Å². The lowest BCUT2D eigenvalue weighted by molar-refractivity contribution is -0.136. The molecule has 0 bridgehead atoms. The average molecular weight is 317 g/mol. The number of benzene rings is 1. The molecule has 2 N–H and O–H groups in total. The minimum absolute atomic E-state index is 0.0196. The first-order valence-electron chi connectivity index (χ1n) is 5.58. The molecule has 98 valence electrons. The fourth-order valence-corrected chi connectivity index (χ4v) is 1.56. The summed E-state index contributed by atoms with van der Waals surface area (Å²) in [5.74, 6) is -2.22. The maximum Gasteiger partial charge on any atom is 0.313 e. The Morgan fingerprint density at radius 1 is 1.33 bits per heavy atom. The van der Waals surface area contributed by atoms with Crippen LogP contribution >= 0.6 is 15.9 Å². The molecule has 4 nitrogen and oxygen atoms in total. The average Bonchev–Trinajstić information content (AvgIpc) is 2.32. The Morgan fingerprint density at radius 3 is 2.67 bits per heavy atom. The molecule has 1 aromatic rings. The highest BCUT2D eigenvalue weighted by Gasteiger charge is 2.14. The van der Waals surface area contributed by atoms with Gasteiger partial charge in [-0.2, -0.15) is 0 Å². The predicted octanol–water partition coefficient (Wildman–Crippen LogP) is 2.44. The Hall–Kier alpha value is -1.43. The lowest BCUT2D eigenvalue weighted by atomic mass is 10.3. The zero-order valence-electron chi connectivity index (χ0n) is 9.93. The third-order valence-electron chi connectivity index (χ3n) is 2.20. The lowest BCUT2D eigenvalue weighted by Crippen LogP contribution is -2.36. The highest BCUT2D eigenvalue weighted by molar-refractivity contribution is 9.10. The van der Waals surface area contributed by atoms with E-state index in [1.54, 1.807) is 6.07 Å². The van der Waals surface area contributed by atoms with Crippen molar-refractivity contribution in [3.63, 3.8) is 0 Å². The van der Waals surface area contributed by atoms with E-state index in [0.29, 0.717) is 11.0 Å². The third-order valence-corrected chi connectivity index (χ3v) is 2.69. The van der Waals surface area contributed by atoms with Crippen LogP contribution in [0.5, 0.6) is 0 Å². The zero-order chi connectivity index (χ0) is 13.5. The molecule has 0 aliphatic carbocycles. The van der Waals surface area contributed by atoms with E-state index in [4.69, 9.17) is 0 Å². The standard InChI is InChI=1S/C12H14BrFN2O2/c1-2-3-6-15-11(17)12(18)16-10-5-4-8(13)7-9(10)14/h4-5,7H,2-3,6H2,1H3,(H,15,17)(H,16,18). The van der Waals surface area contributed by atoms with Crippen LogP contribution in [0.4, 0.5) is 10.1 Å². The van der Waals surface area contributed by atoms with Crippen LogP contribution in [0, 0.1) is 5.82 Å². The van der Waals surface area contributed by atoms with Gasteiger partial charge in [0, 0.05) is 11.0 Å². The normalized spacial score (nSPS) is 9.94. The molecule has 0 spiro atoms. The molecule has 0 fully saturated rings. The minimum atomic E-state index is -0.868. The zero-order valence-corrected chi connectivity index (χ0v) is 11.5. The fraction of sp³-hybridized carbons (Fsp3) is 0.333. The van der Waals surface area contributed by atoms with Crippen LogP contribution in [0.1, 0.15) is 19.8 Å². The molecule has 0 aromatic heterocycles. The number of rotatable bonds is 4. The van der Waals surface area contributed by atoms with Gasteiger partial charge in [-0.3, -0.25) is 9.59 Å². The van der Waals surface area contributed by atoms with E-state index >= 15 is 0 Å². The lowest BCUT2D eigenvalue weighted by Gasteiger charge is -2.07. The number of amides is 2. The summed E-state index contributed by atoms with van der Waals surface area (Å²) in [6, 6.07) is 4.18. The minimum Gasteiger partial charge on any atom is -0.348 e. The van der Waals surface area contributed by atoms with Crippen molar-refractivity contribution in [3.8, 4) is 0 Å². The van der Waals surface area contributed by atoms with Crippen LogP contribution in [-0.2, 0) is 9.59 Å². The summed E-state index contributed by atoms with van der Waals surface area (Å²) in [5, 5.41) is 4.67. The summed E-state index contributed by atoms with van der Waals surface area (Å²) in [4.78, 5) is 22.8. The second-order valence-electron chi connectivity index (χ2n) is 3.69. The largest absolute Gasteiger partial charge is 0.348 e. The van der Waals surface area contributed by atoms with Crippen LogP contribution in [0.15, 0.2) is 22.7 Å². The molecule has 0 saturated heterocycles. The number of unbranched alkanes of at least 4 members (excludes halogenated alkanes) is 1. The van der Waals surface area contributed by atoms with Crippen LogP contribution in [0.2, 0.25) is 0 Å². The maximum atomic E-state index is 13.4. The van der Waals surface area contributed by atoms with Crippen LogP contribution in [-0.4, -0.2) is 18.4 Å². The van der Waals surface area contributed by atoms with E-state index < -0.39 is 17.6 Å². The van der Waals surface area contributed by atoms with Gasteiger partial charge in [-0.05, 0) is 24.6 Å². The van der Waals surface area contributed by atoms with Gasteiger partial charge < -0.3 is 10.6 Å². The highest BCUT2D eigenvalue weighted by atomic mass is 79.9. The smallest absolute Gasteiger partial charge is 0.313 e. The third kappa shape index (κ3) is 4.44. The number of hydrogen-bond acceptors (Lipinski definition) is 2. The molecule has 2 amide bonds. The summed E-state index contributed by atoms with van der Waals surface area (Å²) < 4.78 is 14.0. The first-order valence-corrected chi connectivity index (χ1v) is 6.38. The molecule has 0 aliphatic rings. The SMILES string of the molecule is CCCCNC(=O)C(=O)Nc1ccc(Br)cc1F. The molecule has 1 rings (SSSR count). The van der Waals surface area contributed by atoms with Gasteiger partial charge in [0.15, 0.2) is 0 Å². The Labute approximate surface area is 113 Å². The second-order valence-corrected chi connectivity index (χ2v) is 4.60. The highest BCUT2D eigenvalue weighted by Crippen LogP contribution is 2.19. The van der Waals surface area contributed by atoms with Crippen molar-refractivity contribution >= 4 is 33.4 Å². The molecule has 0 unspecified atom stereocenters. The molecule has 0 saturated carbocycles. The Balaban J connectivity index is 2.56. The van der Waals surface area contributed by atoms with E-state index in [2.05, 4.69) is 26.6 Å². The van der Waals surface area contributed by atoms with Gasteiger partial charge in [-0.25, -0.2) is 4.39 Å². The molecule has 0 atom stereocenters. The predicted molar refractivity (Wildman–Crippen MR) is 70.6 cm³/mol. The molecule has 18 heavy (non-hydrogen) atoms.